The summed E-state index contributed by atoms with van der Waals surface area (Å²) in [4.78, 5) is 15.1. The van der Waals surface area contributed by atoms with E-state index in [1.165, 1.54) is 12.8 Å². The van der Waals surface area contributed by atoms with Crippen molar-refractivity contribution in [2.75, 3.05) is 32.1 Å². The predicted octanol–water partition coefficient (Wildman–Crippen LogP) is 2.73. The molecule has 0 N–H and O–H groups in total. The van der Waals surface area contributed by atoms with Gasteiger partial charge < -0.3 is 9.80 Å². The van der Waals surface area contributed by atoms with Gasteiger partial charge in [0.2, 0.25) is 0 Å². The fourth-order valence-corrected chi connectivity index (χ4v) is 3.23. The zero-order valence-corrected chi connectivity index (χ0v) is 13.3. The van der Waals surface area contributed by atoms with E-state index in [1.807, 2.05) is 34.7 Å². The number of hydrogen-bond donors (Lipinski definition) is 0. The summed E-state index contributed by atoms with van der Waals surface area (Å²) in [6, 6.07) is 5.82. The SMILES string of the molecule is CN1CCCC(N(C)c2ccc([N+](=O)[O-])c(I)c2)C1. The van der Waals surface area contributed by atoms with Gasteiger partial charge in [-0.15, -0.1) is 0 Å². The van der Waals surface area contributed by atoms with Crippen molar-refractivity contribution >= 4 is 34.0 Å². The second-order valence-corrected chi connectivity index (χ2v) is 6.22. The molecule has 2 rings (SSSR count). The van der Waals surface area contributed by atoms with Crippen LogP contribution < -0.4 is 4.90 Å². The summed E-state index contributed by atoms with van der Waals surface area (Å²) in [6.45, 7) is 2.20. The molecule has 1 aliphatic heterocycles. The Morgan fingerprint density at radius 1 is 1.53 bits per heavy atom. The first kappa shape index (κ1) is 14.5. The molecule has 1 saturated heterocycles. The summed E-state index contributed by atoms with van der Waals surface area (Å²) in [5.74, 6) is 0. The number of anilines is 1. The Morgan fingerprint density at radius 3 is 2.84 bits per heavy atom. The smallest absolute Gasteiger partial charge is 0.282 e. The molecule has 0 bridgehead atoms. The molecular formula is C13H18IN3O2. The zero-order valence-electron chi connectivity index (χ0n) is 11.2. The molecule has 0 spiro atoms. The molecule has 104 valence electrons. The Morgan fingerprint density at radius 2 is 2.26 bits per heavy atom. The minimum atomic E-state index is -0.333. The van der Waals surface area contributed by atoms with Crippen LogP contribution in [0, 0.1) is 13.7 Å². The van der Waals surface area contributed by atoms with Gasteiger partial charge in [0.05, 0.1) is 8.49 Å². The Hall–Kier alpha value is -0.890. The Balaban J connectivity index is 2.17. The zero-order chi connectivity index (χ0) is 14.0. The number of likely N-dealkylation sites (N-methyl/N-ethyl adjacent to an activating group) is 2. The van der Waals surface area contributed by atoms with Crippen LogP contribution in [0.5, 0.6) is 0 Å². The van der Waals surface area contributed by atoms with E-state index in [0.29, 0.717) is 9.61 Å². The van der Waals surface area contributed by atoms with Crippen molar-refractivity contribution in [3.63, 3.8) is 0 Å². The highest BCUT2D eigenvalue weighted by Gasteiger charge is 2.22. The van der Waals surface area contributed by atoms with Crippen molar-refractivity contribution in [3.8, 4) is 0 Å². The van der Waals surface area contributed by atoms with Crippen molar-refractivity contribution in [1.82, 2.24) is 4.90 Å². The lowest BCUT2D eigenvalue weighted by molar-refractivity contribution is -0.385. The van der Waals surface area contributed by atoms with Crippen molar-refractivity contribution in [3.05, 3.63) is 31.9 Å². The van der Waals surface area contributed by atoms with E-state index >= 15 is 0 Å². The van der Waals surface area contributed by atoms with Crippen LogP contribution in [0.2, 0.25) is 0 Å². The van der Waals surface area contributed by atoms with Gasteiger partial charge in [-0.2, -0.15) is 0 Å². The van der Waals surface area contributed by atoms with Gasteiger partial charge in [0, 0.05) is 31.4 Å². The van der Waals surface area contributed by atoms with Crippen LogP contribution in [-0.4, -0.2) is 43.0 Å². The van der Waals surface area contributed by atoms with Crippen molar-refractivity contribution in [2.24, 2.45) is 0 Å². The molecule has 1 heterocycles. The summed E-state index contributed by atoms with van der Waals surface area (Å²) in [5, 5.41) is 10.8. The van der Waals surface area contributed by atoms with Crippen LogP contribution in [0.15, 0.2) is 18.2 Å². The molecule has 0 aromatic heterocycles. The summed E-state index contributed by atoms with van der Waals surface area (Å²) >= 11 is 2.03. The maximum atomic E-state index is 10.8. The van der Waals surface area contributed by atoms with Crippen molar-refractivity contribution < 1.29 is 4.92 Å². The maximum absolute atomic E-state index is 10.8. The summed E-state index contributed by atoms with van der Waals surface area (Å²) < 4.78 is 0.691. The molecule has 0 radical (unpaired) electrons. The first-order valence-electron chi connectivity index (χ1n) is 6.34. The van der Waals surface area contributed by atoms with E-state index < -0.39 is 0 Å². The topological polar surface area (TPSA) is 49.6 Å². The molecule has 1 atom stereocenters. The predicted molar refractivity (Wildman–Crippen MR) is 84.7 cm³/mol. The number of halogens is 1. The minimum Gasteiger partial charge on any atom is -0.370 e. The molecule has 1 aromatic rings. The number of piperidine rings is 1. The number of likely N-dealkylation sites (tertiary alicyclic amines) is 1. The van der Waals surface area contributed by atoms with Gasteiger partial charge in [0.1, 0.15) is 0 Å². The first-order chi connectivity index (χ1) is 8.99. The van der Waals surface area contributed by atoms with Gasteiger partial charge in [-0.1, -0.05) is 0 Å². The second-order valence-electron chi connectivity index (χ2n) is 5.06. The molecule has 19 heavy (non-hydrogen) atoms. The molecule has 0 aliphatic carbocycles. The largest absolute Gasteiger partial charge is 0.370 e. The second kappa shape index (κ2) is 6.04. The molecule has 5 nitrogen and oxygen atoms in total. The third-order valence-corrected chi connectivity index (χ3v) is 4.55. The quantitative estimate of drug-likeness (QED) is 0.463. The summed E-state index contributed by atoms with van der Waals surface area (Å²) in [7, 11) is 4.21. The highest BCUT2D eigenvalue weighted by atomic mass is 127. The normalized spacial score (nSPS) is 20.3. The lowest BCUT2D eigenvalue weighted by Gasteiger charge is -2.37. The first-order valence-corrected chi connectivity index (χ1v) is 7.42. The molecule has 1 aliphatic rings. The van der Waals surface area contributed by atoms with E-state index in [4.69, 9.17) is 0 Å². The van der Waals surface area contributed by atoms with Gasteiger partial charge in [-0.3, -0.25) is 10.1 Å². The third kappa shape index (κ3) is 3.36. The molecule has 0 saturated carbocycles. The lowest BCUT2D eigenvalue weighted by Crippen LogP contribution is -2.45. The van der Waals surface area contributed by atoms with Crippen LogP contribution in [0.3, 0.4) is 0 Å². The fraction of sp³-hybridized carbons (Fsp3) is 0.538. The summed E-state index contributed by atoms with van der Waals surface area (Å²) in [5.41, 5.74) is 1.23. The molecular weight excluding hydrogens is 357 g/mol. The number of nitro benzene ring substituents is 1. The number of nitrogens with zero attached hydrogens (tertiary/aromatic N) is 3. The van der Waals surface area contributed by atoms with Gasteiger partial charge >= 0.3 is 0 Å². The van der Waals surface area contributed by atoms with Gasteiger partial charge in [-0.25, -0.2) is 0 Å². The Kier molecular flexibility index (Phi) is 4.62. The average molecular weight is 375 g/mol. The van der Waals surface area contributed by atoms with Gasteiger partial charge in [0.15, 0.2) is 0 Å². The molecule has 1 fully saturated rings. The van der Waals surface area contributed by atoms with E-state index in [1.54, 1.807) is 6.07 Å². The van der Waals surface area contributed by atoms with Crippen LogP contribution in [0.1, 0.15) is 12.8 Å². The number of nitro groups is 1. The Labute approximate surface area is 126 Å². The van der Waals surface area contributed by atoms with E-state index in [2.05, 4.69) is 23.9 Å². The number of benzene rings is 1. The van der Waals surface area contributed by atoms with Crippen LogP contribution in [0.25, 0.3) is 0 Å². The monoisotopic (exact) mass is 375 g/mol. The molecule has 1 aromatic carbocycles. The van der Waals surface area contributed by atoms with Crippen LogP contribution in [0.4, 0.5) is 11.4 Å². The van der Waals surface area contributed by atoms with Gasteiger partial charge in [-0.05, 0) is 61.2 Å². The summed E-state index contributed by atoms with van der Waals surface area (Å²) in [6.07, 6.45) is 2.38. The maximum Gasteiger partial charge on any atom is 0.282 e. The minimum absolute atomic E-state index is 0.179. The molecule has 6 heteroatoms. The average Bonchev–Trinajstić information content (AvgIpc) is 2.37. The van der Waals surface area contributed by atoms with Crippen molar-refractivity contribution in [1.29, 1.82) is 0 Å². The Bertz CT molecular complexity index is 481. The van der Waals surface area contributed by atoms with Crippen molar-refractivity contribution in [2.45, 2.75) is 18.9 Å². The third-order valence-electron chi connectivity index (χ3n) is 3.68. The highest BCUT2D eigenvalue weighted by Crippen LogP contribution is 2.28. The van der Waals surface area contributed by atoms with E-state index in [-0.39, 0.29) is 10.6 Å². The van der Waals surface area contributed by atoms with E-state index in [9.17, 15) is 10.1 Å². The standard InChI is InChI=1S/C13H18IN3O2/c1-15-7-3-4-11(9-15)16(2)10-5-6-13(17(18)19)12(14)8-10/h5-6,8,11H,3-4,7,9H2,1-2H3. The molecule has 0 amide bonds. The van der Waals surface area contributed by atoms with Gasteiger partial charge in [0.25, 0.3) is 5.69 Å². The molecule has 1 unspecified atom stereocenters. The fourth-order valence-electron chi connectivity index (χ4n) is 2.53. The highest BCUT2D eigenvalue weighted by molar-refractivity contribution is 14.1. The van der Waals surface area contributed by atoms with Crippen LogP contribution >= 0.6 is 22.6 Å². The van der Waals surface area contributed by atoms with E-state index in [0.717, 1.165) is 18.8 Å². The lowest BCUT2D eigenvalue weighted by atomic mass is 10.0. The number of rotatable bonds is 3. The number of hydrogen-bond acceptors (Lipinski definition) is 4. The van der Waals surface area contributed by atoms with Crippen LogP contribution in [-0.2, 0) is 0 Å².